The second kappa shape index (κ2) is 2.20. The SMILES string of the molecule is O=NCc1cn[nH]c1. The fourth-order valence-corrected chi connectivity index (χ4v) is 0.439. The van der Waals surface area contributed by atoms with Gasteiger partial charge in [-0.15, -0.1) is 0 Å². The molecule has 1 aromatic rings. The van der Waals surface area contributed by atoms with E-state index in [4.69, 9.17) is 0 Å². The van der Waals surface area contributed by atoms with Gasteiger partial charge in [0.15, 0.2) is 0 Å². The molecule has 0 bridgehead atoms. The fraction of sp³-hybridized carbons (Fsp3) is 0.250. The first-order valence-electron chi connectivity index (χ1n) is 2.20. The van der Waals surface area contributed by atoms with E-state index in [0.29, 0.717) is 0 Å². The summed E-state index contributed by atoms with van der Waals surface area (Å²) >= 11 is 0. The maximum Gasteiger partial charge on any atom is 0.109 e. The molecule has 0 spiro atoms. The molecule has 4 heteroatoms. The van der Waals surface area contributed by atoms with E-state index in [1.54, 1.807) is 12.4 Å². The molecule has 4 nitrogen and oxygen atoms in total. The van der Waals surface area contributed by atoms with E-state index >= 15 is 0 Å². The van der Waals surface area contributed by atoms with Gasteiger partial charge in [0, 0.05) is 11.8 Å². The topological polar surface area (TPSA) is 58.1 Å². The van der Waals surface area contributed by atoms with E-state index in [0.717, 1.165) is 5.56 Å². The lowest BCUT2D eigenvalue weighted by atomic mass is 10.4. The van der Waals surface area contributed by atoms with Crippen molar-refractivity contribution in [2.24, 2.45) is 5.18 Å². The zero-order valence-corrected chi connectivity index (χ0v) is 4.16. The van der Waals surface area contributed by atoms with Crippen molar-refractivity contribution in [2.75, 3.05) is 0 Å². The van der Waals surface area contributed by atoms with Gasteiger partial charge in [-0.2, -0.15) is 10.0 Å². The third-order valence-electron chi connectivity index (χ3n) is 0.802. The molecular formula is C4H5N3O. The maximum atomic E-state index is 9.58. The molecule has 0 saturated carbocycles. The largest absolute Gasteiger partial charge is 0.285 e. The number of nitroso groups, excluding NO2 is 1. The van der Waals surface area contributed by atoms with Crippen molar-refractivity contribution in [1.29, 1.82) is 0 Å². The minimum atomic E-state index is 0.205. The van der Waals surface area contributed by atoms with Crippen molar-refractivity contribution in [3.05, 3.63) is 22.9 Å². The number of nitrogens with zero attached hydrogens (tertiary/aromatic N) is 2. The lowest BCUT2D eigenvalue weighted by Gasteiger charge is -1.75. The van der Waals surface area contributed by atoms with Gasteiger partial charge in [-0.3, -0.25) is 5.10 Å². The first-order valence-corrected chi connectivity index (χ1v) is 2.20. The molecule has 0 fully saturated rings. The molecule has 1 aromatic heterocycles. The van der Waals surface area contributed by atoms with Gasteiger partial charge in [-0.25, -0.2) is 0 Å². The first-order chi connectivity index (χ1) is 3.93. The minimum absolute atomic E-state index is 0.205. The standard InChI is InChI=1S/C4H5N3O/c8-7-3-4-1-5-6-2-4/h1-2H,3H2,(H,5,6). The molecule has 0 aliphatic heterocycles. The summed E-state index contributed by atoms with van der Waals surface area (Å²) in [5, 5.41) is 8.85. The van der Waals surface area contributed by atoms with Gasteiger partial charge in [-0.1, -0.05) is 5.18 Å². The average molecular weight is 111 g/mol. The number of rotatable bonds is 2. The average Bonchev–Trinajstić information content (AvgIpc) is 2.19. The van der Waals surface area contributed by atoms with Crippen LogP contribution in [0.3, 0.4) is 0 Å². The predicted molar refractivity (Wildman–Crippen MR) is 28.1 cm³/mol. The summed E-state index contributed by atoms with van der Waals surface area (Å²) in [5.74, 6) is 0. The van der Waals surface area contributed by atoms with E-state index in [1.165, 1.54) is 0 Å². The van der Waals surface area contributed by atoms with Crippen LogP contribution in [0.2, 0.25) is 0 Å². The Morgan fingerprint density at radius 3 is 3.25 bits per heavy atom. The maximum absolute atomic E-state index is 9.58. The van der Waals surface area contributed by atoms with Crippen molar-refractivity contribution in [3.8, 4) is 0 Å². The smallest absolute Gasteiger partial charge is 0.109 e. The van der Waals surface area contributed by atoms with Crippen LogP contribution in [0.5, 0.6) is 0 Å². The number of aromatic nitrogens is 2. The lowest BCUT2D eigenvalue weighted by molar-refractivity contribution is 1.06. The van der Waals surface area contributed by atoms with Gasteiger partial charge < -0.3 is 0 Å². The Bertz CT molecular complexity index is 158. The van der Waals surface area contributed by atoms with Crippen molar-refractivity contribution in [1.82, 2.24) is 10.2 Å². The highest BCUT2D eigenvalue weighted by molar-refractivity contribution is 5.01. The van der Waals surface area contributed by atoms with Crippen LogP contribution < -0.4 is 0 Å². The number of hydrogen-bond donors (Lipinski definition) is 1. The molecule has 0 amide bonds. The Balaban J connectivity index is 2.62. The van der Waals surface area contributed by atoms with E-state index in [9.17, 15) is 4.91 Å². The molecule has 0 atom stereocenters. The van der Waals surface area contributed by atoms with E-state index < -0.39 is 0 Å². The third-order valence-corrected chi connectivity index (χ3v) is 0.802. The highest BCUT2D eigenvalue weighted by atomic mass is 16.3. The van der Waals surface area contributed by atoms with Crippen LogP contribution >= 0.6 is 0 Å². The fourth-order valence-electron chi connectivity index (χ4n) is 0.439. The first kappa shape index (κ1) is 4.96. The Hall–Kier alpha value is -1.19. The number of nitrogens with one attached hydrogen (secondary N) is 1. The van der Waals surface area contributed by atoms with Gasteiger partial charge in [0.2, 0.25) is 0 Å². The van der Waals surface area contributed by atoms with E-state index in [2.05, 4.69) is 15.4 Å². The molecule has 0 aliphatic rings. The van der Waals surface area contributed by atoms with E-state index in [1.807, 2.05) is 0 Å². The number of H-pyrrole nitrogens is 1. The summed E-state index contributed by atoms with van der Waals surface area (Å²) in [5.41, 5.74) is 0.819. The molecule has 0 radical (unpaired) electrons. The Kier molecular flexibility index (Phi) is 1.37. The summed E-state index contributed by atoms with van der Waals surface area (Å²) in [4.78, 5) is 9.58. The summed E-state index contributed by atoms with van der Waals surface area (Å²) in [6.07, 6.45) is 3.21. The third kappa shape index (κ3) is 0.900. The molecule has 1 rings (SSSR count). The Morgan fingerprint density at radius 2 is 2.75 bits per heavy atom. The molecule has 42 valence electrons. The van der Waals surface area contributed by atoms with Crippen LogP contribution in [0.4, 0.5) is 0 Å². The molecule has 0 aliphatic carbocycles. The second-order valence-corrected chi connectivity index (χ2v) is 1.39. The Morgan fingerprint density at radius 1 is 1.88 bits per heavy atom. The van der Waals surface area contributed by atoms with Gasteiger partial charge in [0.1, 0.15) is 6.54 Å². The van der Waals surface area contributed by atoms with Crippen LogP contribution in [-0.4, -0.2) is 10.2 Å². The number of hydrogen-bond acceptors (Lipinski definition) is 3. The molecule has 8 heavy (non-hydrogen) atoms. The second-order valence-electron chi connectivity index (χ2n) is 1.39. The normalized spacial score (nSPS) is 9.00. The van der Waals surface area contributed by atoms with Crippen LogP contribution in [0.1, 0.15) is 5.56 Å². The van der Waals surface area contributed by atoms with Gasteiger partial charge in [0.05, 0.1) is 6.20 Å². The predicted octanol–water partition coefficient (Wildman–Crippen LogP) is 0.676. The Labute approximate surface area is 45.9 Å². The highest BCUT2D eigenvalue weighted by Crippen LogP contribution is 1.93. The molecule has 1 heterocycles. The van der Waals surface area contributed by atoms with Crippen molar-refractivity contribution in [2.45, 2.75) is 6.54 Å². The summed E-state index contributed by atoms with van der Waals surface area (Å²) in [6.45, 7) is 0.205. The van der Waals surface area contributed by atoms with Crippen LogP contribution in [0.25, 0.3) is 0 Å². The quantitative estimate of drug-likeness (QED) is 0.570. The molecular weight excluding hydrogens is 106 g/mol. The number of aromatic amines is 1. The molecule has 1 N–H and O–H groups in total. The van der Waals surface area contributed by atoms with Crippen LogP contribution in [0.15, 0.2) is 17.6 Å². The summed E-state index contributed by atoms with van der Waals surface area (Å²) in [7, 11) is 0. The highest BCUT2D eigenvalue weighted by Gasteiger charge is 1.88. The van der Waals surface area contributed by atoms with Crippen molar-refractivity contribution >= 4 is 0 Å². The molecule has 0 unspecified atom stereocenters. The zero-order valence-electron chi connectivity index (χ0n) is 4.16. The summed E-state index contributed by atoms with van der Waals surface area (Å²) in [6, 6.07) is 0. The molecule has 0 saturated heterocycles. The van der Waals surface area contributed by atoms with E-state index in [-0.39, 0.29) is 6.54 Å². The lowest BCUT2D eigenvalue weighted by Crippen LogP contribution is -1.70. The van der Waals surface area contributed by atoms with Gasteiger partial charge >= 0.3 is 0 Å². The monoisotopic (exact) mass is 111 g/mol. The minimum Gasteiger partial charge on any atom is -0.285 e. The van der Waals surface area contributed by atoms with Crippen LogP contribution in [-0.2, 0) is 6.54 Å². The van der Waals surface area contributed by atoms with Crippen LogP contribution in [0, 0.1) is 4.91 Å². The van der Waals surface area contributed by atoms with Gasteiger partial charge in [0.25, 0.3) is 0 Å². The molecule has 0 aromatic carbocycles. The van der Waals surface area contributed by atoms with Gasteiger partial charge in [-0.05, 0) is 0 Å². The zero-order chi connectivity index (χ0) is 5.82. The summed E-state index contributed by atoms with van der Waals surface area (Å²) < 4.78 is 0. The van der Waals surface area contributed by atoms with Crippen molar-refractivity contribution in [3.63, 3.8) is 0 Å². The van der Waals surface area contributed by atoms with Crippen molar-refractivity contribution < 1.29 is 0 Å².